The Morgan fingerprint density at radius 2 is 2.50 bits per heavy atom. The van der Waals surface area contributed by atoms with E-state index < -0.39 is 5.91 Å². The van der Waals surface area contributed by atoms with Crippen LogP contribution in [0.3, 0.4) is 0 Å². The first kappa shape index (κ1) is 6.54. The third-order valence-corrected chi connectivity index (χ3v) is 0.935. The van der Waals surface area contributed by atoms with Gasteiger partial charge in [-0.1, -0.05) is 0 Å². The summed E-state index contributed by atoms with van der Waals surface area (Å²) in [6.07, 6.45) is 1.67. The Kier molecular flexibility index (Phi) is 1.84. The number of rotatable bonds is 2. The van der Waals surface area contributed by atoms with Crippen LogP contribution < -0.4 is 5.32 Å². The van der Waals surface area contributed by atoms with Gasteiger partial charge in [0.05, 0.1) is 6.26 Å². The van der Waals surface area contributed by atoms with Crippen LogP contribution in [-0.2, 0) is 4.79 Å². The van der Waals surface area contributed by atoms with Gasteiger partial charge in [0.2, 0.25) is 6.41 Å². The molecule has 0 spiro atoms. The predicted molar refractivity (Wildman–Crippen MR) is 32.2 cm³/mol. The smallest absolute Gasteiger partial charge is 0.293 e. The molecule has 0 atom stereocenters. The second kappa shape index (κ2) is 2.82. The lowest BCUT2D eigenvalue weighted by Crippen LogP contribution is -2.20. The van der Waals surface area contributed by atoms with E-state index in [1.54, 1.807) is 6.07 Å². The molecule has 0 aromatic carbocycles. The number of furan rings is 1. The van der Waals surface area contributed by atoms with Gasteiger partial charge in [0, 0.05) is 0 Å². The summed E-state index contributed by atoms with van der Waals surface area (Å²) >= 11 is 0. The molecule has 0 bridgehead atoms. The van der Waals surface area contributed by atoms with E-state index in [9.17, 15) is 9.59 Å². The normalized spacial score (nSPS) is 8.80. The summed E-state index contributed by atoms with van der Waals surface area (Å²) in [4.78, 5) is 20.4. The summed E-state index contributed by atoms with van der Waals surface area (Å²) in [6.45, 7) is 0. The minimum absolute atomic E-state index is 0.132. The van der Waals surface area contributed by atoms with Gasteiger partial charge in [-0.2, -0.15) is 0 Å². The molecule has 0 unspecified atom stereocenters. The highest BCUT2D eigenvalue weighted by molar-refractivity contribution is 5.97. The number of nitrogens with one attached hydrogen (secondary N) is 1. The van der Waals surface area contributed by atoms with E-state index >= 15 is 0 Å². The van der Waals surface area contributed by atoms with Crippen molar-refractivity contribution in [2.45, 2.75) is 0 Å². The van der Waals surface area contributed by atoms with Crippen molar-refractivity contribution in [3.05, 3.63) is 24.2 Å². The summed E-state index contributed by atoms with van der Waals surface area (Å²) < 4.78 is 4.68. The van der Waals surface area contributed by atoms with Gasteiger partial charge < -0.3 is 4.42 Å². The molecule has 0 aliphatic rings. The molecule has 52 valence electrons. The lowest BCUT2D eigenvalue weighted by molar-refractivity contribution is -0.108. The van der Waals surface area contributed by atoms with Crippen LogP contribution in [0.15, 0.2) is 22.8 Å². The van der Waals surface area contributed by atoms with E-state index in [4.69, 9.17) is 0 Å². The highest BCUT2D eigenvalue weighted by Crippen LogP contribution is 1.97. The van der Waals surface area contributed by atoms with Gasteiger partial charge in [0.25, 0.3) is 5.91 Å². The number of hydrogen-bond acceptors (Lipinski definition) is 3. The van der Waals surface area contributed by atoms with Crippen molar-refractivity contribution in [3.63, 3.8) is 0 Å². The molecule has 0 fully saturated rings. The molecule has 1 rings (SSSR count). The third-order valence-electron chi connectivity index (χ3n) is 0.935. The van der Waals surface area contributed by atoms with Gasteiger partial charge >= 0.3 is 0 Å². The molecule has 0 saturated heterocycles. The molecular formula is C6H5NO3. The molecule has 1 N–H and O–H groups in total. The summed E-state index contributed by atoms with van der Waals surface area (Å²) in [5.41, 5.74) is 0. The molecule has 1 heterocycles. The molecule has 0 aliphatic heterocycles. The molecule has 2 amide bonds. The topological polar surface area (TPSA) is 59.3 Å². The van der Waals surface area contributed by atoms with Crippen LogP contribution in [0.25, 0.3) is 0 Å². The van der Waals surface area contributed by atoms with Gasteiger partial charge in [0.1, 0.15) is 0 Å². The SMILES string of the molecule is O=CNC(=O)c1ccco1. The highest BCUT2D eigenvalue weighted by atomic mass is 16.3. The van der Waals surface area contributed by atoms with Crippen molar-refractivity contribution >= 4 is 12.3 Å². The van der Waals surface area contributed by atoms with E-state index in [0.29, 0.717) is 6.41 Å². The van der Waals surface area contributed by atoms with Gasteiger partial charge in [-0.15, -0.1) is 0 Å². The van der Waals surface area contributed by atoms with Crippen molar-refractivity contribution < 1.29 is 14.0 Å². The van der Waals surface area contributed by atoms with Crippen molar-refractivity contribution in [3.8, 4) is 0 Å². The van der Waals surface area contributed by atoms with Gasteiger partial charge in [-0.25, -0.2) is 0 Å². The predicted octanol–water partition coefficient (Wildman–Crippen LogP) is 0.166. The van der Waals surface area contributed by atoms with Crippen molar-refractivity contribution in [1.82, 2.24) is 5.32 Å². The van der Waals surface area contributed by atoms with Crippen LogP contribution in [0.4, 0.5) is 0 Å². The molecular weight excluding hydrogens is 134 g/mol. The number of hydrogen-bond donors (Lipinski definition) is 1. The number of carbonyl (C=O) groups is 2. The zero-order valence-corrected chi connectivity index (χ0v) is 5.03. The fraction of sp³-hybridized carbons (Fsp3) is 0. The maximum atomic E-state index is 10.7. The minimum Gasteiger partial charge on any atom is -0.459 e. The summed E-state index contributed by atoms with van der Waals surface area (Å²) in [5, 5.41) is 1.93. The molecule has 10 heavy (non-hydrogen) atoms. The summed E-state index contributed by atoms with van der Waals surface area (Å²) in [7, 11) is 0. The zero-order valence-electron chi connectivity index (χ0n) is 5.03. The number of imide groups is 1. The van der Waals surface area contributed by atoms with Gasteiger partial charge in [-0.05, 0) is 12.1 Å². The average molecular weight is 139 g/mol. The molecule has 0 saturated carbocycles. The number of carbonyl (C=O) groups excluding carboxylic acids is 2. The van der Waals surface area contributed by atoms with E-state index in [-0.39, 0.29) is 5.76 Å². The van der Waals surface area contributed by atoms with Gasteiger partial charge in [0.15, 0.2) is 5.76 Å². The minimum atomic E-state index is -0.528. The van der Waals surface area contributed by atoms with E-state index in [2.05, 4.69) is 4.42 Å². The van der Waals surface area contributed by atoms with Crippen LogP contribution in [0.2, 0.25) is 0 Å². The fourth-order valence-electron chi connectivity index (χ4n) is 0.532. The standard InChI is InChI=1S/C6H5NO3/c8-4-7-6(9)5-2-1-3-10-5/h1-4H,(H,7,8,9). The van der Waals surface area contributed by atoms with Crippen LogP contribution in [0.5, 0.6) is 0 Å². The van der Waals surface area contributed by atoms with Crippen LogP contribution in [0, 0.1) is 0 Å². The van der Waals surface area contributed by atoms with Crippen LogP contribution in [-0.4, -0.2) is 12.3 Å². The molecule has 0 radical (unpaired) electrons. The zero-order chi connectivity index (χ0) is 7.40. The lowest BCUT2D eigenvalue weighted by atomic mass is 10.4. The lowest BCUT2D eigenvalue weighted by Gasteiger charge is -1.89. The maximum absolute atomic E-state index is 10.7. The van der Waals surface area contributed by atoms with Crippen LogP contribution >= 0.6 is 0 Å². The highest BCUT2D eigenvalue weighted by Gasteiger charge is 2.04. The first-order valence-electron chi connectivity index (χ1n) is 2.62. The number of amides is 2. The third kappa shape index (κ3) is 1.22. The Morgan fingerprint density at radius 3 is 3.00 bits per heavy atom. The second-order valence-corrected chi connectivity index (χ2v) is 1.57. The van der Waals surface area contributed by atoms with Crippen molar-refractivity contribution in [2.24, 2.45) is 0 Å². The molecule has 1 aromatic rings. The van der Waals surface area contributed by atoms with E-state index in [0.717, 1.165) is 0 Å². The second-order valence-electron chi connectivity index (χ2n) is 1.57. The van der Waals surface area contributed by atoms with Crippen molar-refractivity contribution in [2.75, 3.05) is 0 Å². The first-order valence-corrected chi connectivity index (χ1v) is 2.62. The Bertz CT molecular complexity index is 227. The summed E-state index contributed by atoms with van der Waals surface area (Å²) in [5.74, 6) is -0.396. The molecule has 0 aliphatic carbocycles. The quantitative estimate of drug-likeness (QED) is 0.594. The average Bonchev–Trinajstić information content (AvgIpc) is 2.38. The largest absolute Gasteiger partial charge is 0.459 e. The Balaban J connectivity index is 2.68. The first-order chi connectivity index (χ1) is 4.84. The summed E-state index contributed by atoms with van der Waals surface area (Å²) in [6, 6.07) is 3.04. The Labute approximate surface area is 56.8 Å². The Morgan fingerprint density at radius 1 is 1.70 bits per heavy atom. The fourth-order valence-corrected chi connectivity index (χ4v) is 0.532. The monoisotopic (exact) mass is 139 g/mol. The molecule has 4 heteroatoms. The van der Waals surface area contributed by atoms with Crippen molar-refractivity contribution in [1.29, 1.82) is 0 Å². The maximum Gasteiger partial charge on any atom is 0.293 e. The molecule has 4 nitrogen and oxygen atoms in total. The Hall–Kier alpha value is -1.58. The van der Waals surface area contributed by atoms with Gasteiger partial charge in [-0.3, -0.25) is 14.9 Å². The molecule has 1 aromatic heterocycles. The van der Waals surface area contributed by atoms with Crippen LogP contribution in [0.1, 0.15) is 10.6 Å². The van der Waals surface area contributed by atoms with E-state index in [1.165, 1.54) is 12.3 Å². The van der Waals surface area contributed by atoms with E-state index in [1.807, 2.05) is 5.32 Å².